The van der Waals surface area contributed by atoms with Crippen LogP contribution in [0.15, 0.2) is 24.3 Å². The molecule has 2 N–H and O–H groups in total. The average molecular weight is 299 g/mol. The molecule has 116 valence electrons. The maximum absolute atomic E-state index is 9.41. The number of nitrogens with zero attached hydrogens (tertiary/aromatic N) is 4. The Hall–Kier alpha value is -1.79. The van der Waals surface area contributed by atoms with Crippen molar-refractivity contribution in [3.63, 3.8) is 0 Å². The lowest BCUT2D eigenvalue weighted by Crippen LogP contribution is -2.43. The molecule has 1 aromatic heterocycles. The third-order valence-electron chi connectivity index (χ3n) is 5.16. The molecule has 2 bridgehead atoms. The number of benzene rings is 1. The van der Waals surface area contributed by atoms with E-state index in [4.69, 9.17) is 0 Å². The lowest BCUT2D eigenvalue weighted by molar-refractivity contribution is 0.0683. The van der Waals surface area contributed by atoms with Crippen LogP contribution < -0.4 is 0 Å². The summed E-state index contributed by atoms with van der Waals surface area (Å²) in [6, 6.07) is 9.72. The molecule has 2 aliphatic heterocycles. The third-order valence-corrected chi connectivity index (χ3v) is 5.16. The summed E-state index contributed by atoms with van der Waals surface area (Å²) in [4.78, 5) is 2.63. The molecule has 3 heterocycles. The molecule has 2 saturated heterocycles. The van der Waals surface area contributed by atoms with Crippen LogP contribution in [0.2, 0.25) is 0 Å². The van der Waals surface area contributed by atoms with Gasteiger partial charge in [-0.25, -0.2) is 0 Å². The first-order chi connectivity index (χ1) is 10.8. The quantitative estimate of drug-likeness (QED) is 0.896. The number of hydrogen-bond acceptors (Lipinski definition) is 5. The van der Waals surface area contributed by atoms with Gasteiger partial charge >= 0.3 is 0 Å². The van der Waals surface area contributed by atoms with Crippen LogP contribution in [0, 0.1) is 5.92 Å². The molecule has 4 rings (SSSR count). The first kappa shape index (κ1) is 13.8. The van der Waals surface area contributed by atoms with E-state index < -0.39 is 0 Å². The second-order valence-corrected chi connectivity index (χ2v) is 6.51. The summed E-state index contributed by atoms with van der Waals surface area (Å²) in [6.45, 7) is 1.35. The summed E-state index contributed by atoms with van der Waals surface area (Å²) in [5.74, 6) is 1.14. The van der Waals surface area contributed by atoms with Gasteiger partial charge in [-0.3, -0.25) is 4.90 Å². The van der Waals surface area contributed by atoms with Gasteiger partial charge in [0.25, 0.3) is 0 Å². The highest BCUT2D eigenvalue weighted by atomic mass is 16.3. The molecule has 0 radical (unpaired) electrons. The van der Waals surface area contributed by atoms with Crippen molar-refractivity contribution in [3.8, 4) is 11.4 Å². The van der Waals surface area contributed by atoms with E-state index in [1.807, 2.05) is 0 Å². The van der Waals surface area contributed by atoms with Gasteiger partial charge in [0.05, 0.1) is 0 Å². The Morgan fingerprint density at radius 3 is 2.45 bits per heavy atom. The van der Waals surface area contributed by atoms with Crippen molar-refractivity contribution in [2.75, 3.05) is 6.61 Å². The molecule has 0 aliphatic carbocycles. The number of aromatic amines is 1. The fourth-order valence-electron chi connectivity index (χ4n) is 4.05. The number of piperidine rings is 1. The molecule has 0 amide bonds. The highest BCUT2D eigenvalue weighted by Crippen LogP contribution is 2.39. The highest BCUT2D eigenvalue weighted by Gasteiger charge is 2.40. The van der Waals surface area contributed by atoms with Crippen molar-refractivity contribution in [2.24, 2.45) is 5.92 Å². The zero-order valence-corrected chi connectivity index (χ0v) is 12.5. The van der Waals surface area contributed by atoms with Crippen molar-refractivity contribution >= 4 is 0 Å². The predicted molar refractivity (Wildman–Crippen MR) is 81.8 cm³/mol. The highest BCUT2D eigenvalue weighted by molar-refractivity contribution is 5.54. The zero-order chi connectivity index (χ0) is 14.9. The van der Waals surface area contributed by atoms with Gasteiger partial charge in [0.2, 0.25) is 5.82 Å². The number of aromatic nitrogens is 4. The minimum absolute atomic E-state index is 0.347. The van der Waals surface area contributed by atoms with Gasteiger partial charge in [0, 0.05) is 30.8 Å². The Morgan fingerprint density at radius 2 is 1.86 bits per heavy atom. The minimum atomic E-state index is 0.347. The molecular weight excluding hydrogens is 278 g/mol. The number of aliphatic hydroxyl groups is 1. The normalized spacial score (nSPS) is 28.1. The Bertz CT molecular complexity index is 598. The van der Waals surface area contributed by atoms with E-state index in [0.29, 0.717) is 30.4 Å². The average Bonchev–Trinajstić information content (AvgIpc) is 3.15. The number of rotatable bonds is 4. The smallest absolute Gasteiger partial charge is 0.204 e. The lowest BCUT2D eigenvalue weighted by Gasteiger charge is -2.38. The SMILES string of the molecule is OCC1C[C@H]2CC[C@@H](C1)N2Cc1ccc(-c2nn[nH]n2)cc1. The number of tetrazole rings is 1. The van der Waals surface area contributed by atoms with Crippen molar-refractivity contribution in [1.82, 2.24) is 25.5 Å². The molecule has 3 atom stereocenters. The fraction of sp³-hybridized carbons (Fsp3) is 0.562. The summed E-state index contributed by atoms with van der Waals surface area (Å²) in [5.41, 5.74) is 2.31. The summed E-state index contributed by atoms with van der Waals surface area (Å²) < 4.78 is 0. The van der Waals surface area contributed by atoms with E-state index >= 15 is 0 Å². The number of hydrogen-bond donors (Lipinski definition) is 2. The van der Waals surface area contributed by atoms with Crippen LogP contribution in [-0.4, -0.2) is 49.3 Å². The van der Waals surface area contributed by atoms with E-state index in [0.717, 1.165) is 24.9 Å². The predicted octanol–water partition coefficient (Wildman–Crippen LogP) is 1.60. The van der Waals surface area contributed by atoms with Gasteiger partial charge in [-0.05, 0) is 42.4 Å². The van der Waals surface area contributed by atoms with E-state index in [1.54, 1.807) is 0 Å². The molecule has 0 spiro atoms. The van der Waals surface area contributed by atoms with Crippen molar-refractivity contribution in [2.45, 2.75) is 44.3 Å². The monoisotopic (exact) mass is 299 g/mol. The molecule has 2 aromatic rings. The van der Waals surface area contributed by atoms with Gasteiger partial charge in [0.1, 0.15) is 0 Å². The molecule has 0 saturated carbocycles. The Balaban J connectivity index is 1.46. The number of aliphatic hydroxyl groups excluding tert-OH is 1. The molecule has 6 heteroatoms. The summed E-state index contributed by atoms with van der Waals surface area (Å²) in [5, 5.41) is 23.5. The second kappa shape index (κ2) is 5.78. The van der Waals surface area contributed by atoms with Crippen LogP contribution in [0.4, 0.5) is 0 Å². The molecule has 1 aromatic carbocycles. The van der Waals surface area contributed by atoms with Gasteiger partial charge in [-0.15, -0.1) is 10.2 Å². The standard InChI is InChI=1S/C16H21N5O/c22-10-12-7-14-5-6-15(8-12)21(14)9-11-1-3-13(4-2-11)16-17-19-20-18-16/h1-4,12,14-15,22H,5-10H2,(H,17,18,19,20)/t12?,14-,15+. The minimum Gasteiger partial charge on any atom is -0.396 e. The van der Waals surface area contributed by atoms with E-state index in [1.165, 1.54) is 18.4 Å². The first-order valence-electron chi connectivity index (χ1n) is 8.03. The van der Waals surface area contributed by atoms with E-state index in [-0.39, 0.29) is 0 Å². The van der Waals surface area contributed by atoms with Gasteiger partial charge in [-0.2, -0.15) is 5.21 Å². The van der Waals surface area contributed by atoms with Crippen LogP contribution in [0.25, 0.3) is 11.4 Å². The van der Waals surface area contributed by atoms with Gasteiger partial charge in [-0.1, -0.05) is 24.3 Å². The molecular formula is C16H21N5O. The van der Waals surface area contributed by atoms with Crippen LogP contribution in [0.1, 0.15) is 31.2 Å². The number of fused-ring (bicyclic) bond motifs is 2. The molecule has 1 unspecified atom stereocenters. The van der Waals surface area contributed by atoms with E-state index in [2.05, 4.69) is 49.8 Å². The lowest BCUT2D eigenvalue weighted by atomic mass is 9.91. The van der Waals surface area contributed by atoms with Crippen molar-refractivity contribution in [3.05, 3.63) is 29.8 Å². The van der Waals surface area contributed by atoms with Crippen LogP contribution in [-0.2, 0) is 6.54 Å². The Kier molecular flexibility index (Phi) is 3.63. The van der Waals surface area contributed by atoms with Crippen molar-refractivity contribution in [1.29, 1.82) is 0 Å². The van der Waals surface area contributed by atoms with Crippen LogP contribution >= 0.6 is 0 Å². The zero-order valence-electron chi connectivity index (χ0n) is 12.5. The van der Waals surface area contributed by atoms with Gasteiger partial charge < -0.3 is 5.11 Å². The second-order valence-electron chi connectivity index (χ2n) is 6.51. The number of nitrogens with one attached hydrogen (secondary N) is 1. The third kappa shape index (κ3) is 2.53. The van der Waals surface area contributed by atoms with E-state index in [9.17, 15) is 5.11 Å². The van der Waals surface area contributed by atoms with Crippen molar-refractivity contribution < 1.29 is 5.11 Å². The summed E-state index contributed by atoms with van der Waals surface area (Å²) in [7, 11) is 0. The fourth-order valence-corrected chi connectivity index (χ4v) is 4.05. The number of H-pyrrole nitrogens is 1. The largest absolute Gasteiger partial charge is 0.396 e. The molecule has 22 heavy (non-hydrogen) atoms. The van der Waals surface area contributed by atoms with Gasteiger partial charge in [0.15, 0.2) is 0 Å². The maximum Gasteiger partial charge on any atom is 0.204 e. The van der Waals surface area contributed by atoms with Crippen LogP contribution in [0.3, 0.4) is 0 Å². The molecule has 2 aliphatic rings. The molecule has 2 fully saturated rings. The Labute approximate surface area is 129 Å². The Morgan fingerprint density at radius 1 is 1.14 bits per heavy atom. The topological polar surface area (TPSA) is 77.9 Å². The summed E-state index contributed by atoms with van der Waals surface area (Å²) >= 11 is 0. The maximum atomic E-state index is 9.41. The molecule has 6 nitrogen and oxygen atoms in total. The summed E-state index contributed by atoms with van der Waals surface area (Å²) in [6.07, 6.45) is 4.85. The first-order valence-corrected chi connectivity index (χ1v) is 8.03. The van der Waals surface area contributed by atoms with Crippen LogP contribution in [0.5, 0.6) is 0 Å².